The van der Waals surface area contributed by atoms with E-state index in [1.165, 1.54) is 0 Å². The number of hydrogen-bond donors (Lipinski definition) is 1. The molecule has 32 heavy (non-hydrogen) atoms. The second-order valence-electron chi connectivity index (χ2n) is 8.18. The maximum Gasteiger partial charge on any atom is 0.259 e. The zero-order valence-electron chi connectivity index (χ0n) is 19.3. The van der Waals surface area contributed by atoms with Crippen molar-refractivity contribution in [3.8, 4) is 11.1 Å². The first-order valence-corrected chi connectivity index (χ1v) is 10.9. The van der Waals surface area contributed by atoms with Crippen molar-refractivity contribution in [2.24, 2.45) is 12.0 Å². The predicted molar refractivity (Wildman–Crippen MR) is 130 cm³/mol. The largest absolute Gasteiger partial charge is 0.377 e. The Morgan fingerprint density at radius 1 is 1.31 bits per heavy atom. The lowest BCUT2D eigenvalue weighted by Gasteiger charge is -2.26. The number of fused-ring (bicyclic) bond motifs is 1. The lowest BCUT2D eigenvalue weighted by molar-refractivity contribution is 0.0208. The summed E-state index contributed by atoms with van der Waals surface area (Å²) in [5, 5.41) is 4.05. The third-order valence-corrected chi connectivity index (χ3v) is 5.83. The van der Waals surface area contributed by atoms with Gasteiger partial charge in [-0.1, -0.05) is 25.1 Å². The van der Waals surface area contributed by atoms with E-state index >= 15 is 0 Å². The molecule has 1 N–H and O–H groups in total. The molecule has 4 rings (SSSR count). The standard InChI is InChI=1S/C25H29N5O2/c1-6-16(4)27-22(7-2)17-8-9-20(15(3)10-17)21-11-18-12-26-25(28-19-13-32-14-19)29-23(18)30(5)24(21)31/h7-12,19H,6,13-14H2,1-5H3,(H,26,28,29)/b22-7-,27-16?. The average molecular weight is 432 g/mol. The summed E-state index contributed by atoms with van der Waals surface area (Å²) in [6.07, 6.45) is 4.69. The van der Waals surface area contributed by atoms with Gasteiger partial charge in [-0.05, 0) is 50.5 Å². The third-order valence-electron chi connectivity index (χ3n) is 5.83. The minimum atomic E-state index is -0.0870. The molecule has 0 bridgehead atoms. The van der Waals surface area contributed by atoms with Gasteiger partial charge in [-0.25, -0.2) is 4.98 Å². The molecular weight excluding hydrogens is 402 g/mol. The van der Waals surface area contributed by atoms with Crippen LogP contribution in [0.25, 0.3) is 27.9 Å². The predicted octanol–water partition coefficient (Wildman–Crippen LogP) is 4.35. The van der Waals surface area contributed by atoms with Gasteiger partial charge in [-0.2, -0.15) is 4.98 Å². The first-order chi connectivity index (χ1) is 15.4. The van der Waals surface area contributed by atoms with E-state index in [1.807, 2.05) is 45.0 Å². The number of aromatic nitrogens is 3. The summed E-state index contributed by atoms with van der Waals surface area (Å²) in [4.78, 5) is 26.9. The number of ether oxygens (including phenoxy) is 1. The van der Waals surface area contributed by atoms with Crippen molar-refractivity contribution in [2.45, 2.75) is 40.2 Å². The Labute approximate surface area is 187 Å². The highest BCUT2D eigenvalue weighted by molar-refractivity contribution is 5.88. The summed E-state index contributed by atoms with van der Waals surface area (Å²) >= 11 is 0. The molecule has 0 spiro atoms. The number of hydrogen-bond acceptors (Lipinski definition) is 6. The quantitative estimate of drug-likeness (QED) is 0.587. The van der Waals surface area contributed by atoms with Gasteiger partial charge in [0.05, 0.1) is 25.0 Å². The van der Waals surface area contributed by atoms with Crippen LogP contribution in [-0.2, 0) is 11.8 Å². The molecule has 0 unspecified atom stereocenters. The van der Waals surface area contributed by atoms with E-state index in [2.05, 4.69) is 28.3 Å². The Hall–Kier alpha value is -3.32. The molecule has 3 aromatic rings. The normalized spacial score (nSPS) is 15.2. The highest BCUT2D eigenvalue weighted by Gasteiger charge is 2.20. The van der Waals surface area contributed by atoms with Crippen LogP contribution in [0.3, 0.4) is 0 Å². The maximum absolute atomic E-state index is 13.2. The fourth-order valence-corrected chi connectivity index (χ4v) is 3.72. The molecule has 0 saturated carbocycles. The molecular formula is C25H29N5O2. The van der Waals surface area contributed by atoms with Crippen molar-refractivity contribution < 1.29 is 4.74 Å². The van der Waals surface area contributed by atoms with E-state index in [0.717, 1.165) is 39.9 Å². The number of pyridine rings is 1. The second kappa shape index (κ2) is 9.04. The molecule has 1 saturated heterocycles. The van der Waals surface area contributed by atoms with Crippen molar-refractivity contribution in [3.05, 3.63) is 58.0 Å². The van der Waals surface area contributed by atoms with E-state index < -0.39 is 0 Å². The van der Waals surface area contributed by atoms with Gasteiger partial charge in [-0.3, -0.25) is 14.4 Å². The lowest BCUT2D eigenvalue weighted by atomic mass is 9.97. The number of aryl methyl sites for hydroxylation is 2. The Bertz CT molecular complexity index is 1290. The van der Waals surface area contributed by atoms with Crippen LogP contribution in [0.15, 0.2) is 46.3 Å². The highest BCUT2D eigenvalue weighted by Crippen LogP contribution is 2.27. The van der Waals surface area contributed by atoms with Crippen LogP contribution < -0.4 is 10.9 Å². The number of rotatable bonds is 6. The van der Waals surface area contributed by atoms with Gasteiger partial charge in [0.25, 0.3) is 5.56 Å². The topological polar surface area (TPSA) is 81.4 Å². The molecule has 3 heterocycles. The molecule has 0 amide bonds. The Balaban J connectivity index is 1.73. The van der Waals surface area contributed by atoms with Crippen molar-refractivity contribution in [2.75, 3.05) is 18.5 Å². The zero-order chi connectivity index (χ0) is 22.8. The van der Waals surface area contributed by atoms with Gasteiger partial charge in [0, 0.05) is 35.5 Å². The fourth-order valence-electron chi connectivity index (χ4n) is 3.72. The zero-order valence-corrected chi connectivity index (χ0v) is 19.3. The van der Waals surface area contributed by atoms with E-state index in [4.69, 9.17) is 9.73 Å². The number of anilines is 1. The third kappa shape index (κ3) is 4.21. The monoisotopic (exact) mass is 431 g/mol. The molecule has 0 aliphatic carbocycles. The fraction of sp³-hybridized carbons (Fsp3) is 0.360. The van der Waals surface area contributed by atoms with E-state index in [-0.39, 0.29) is 11.6 Å². The SMILES string of the molecule is C/C=C(\N=C(C)CC)c1ccc(-c2cc3cnc(NC4COC4)nc3n(C)c2=O)c(C)c1. The second-order valence-corrected chi connectivity index (χ2v) is 8.18. The Morgan fingerprint density at radius 3 is 2.72 bits per heavy atom. The first-order valence-electron chi connectivity index (χ1n) is 10.9. The summed E-state index contributed by atoms with van der Waals surface area (Å²) < 4.78 is 6.78. The first kappa shape index (κ1) is 21.9. The molecule has 1 fully saturated rings. The molecule has 1 aromatic carbocycles. The molecule has 0 radical (unpaired) electrons. The summed E-state index contributed by atoms with van der Waals surface area (Å²) in [7, 11) is 1.75. The summed E-state index contributed by atoms with van der Waals surface area (Å²) in [6.45, 7) is 9.44. The number of allylic oxidation sites excluding steroid dienone is 1. The maximum atomic E-state index is 13.2. The number of benzene rings is 1. The minimum absolute atomic E-state index is 0.0870. The van der Waals surface area contributed by atoms with Crippen LogP contribution in [0, 0.1) is 6.92 Å². The Morgan fingerprint density at radius 2 is 2.09 bits per heavy atom. The molecule has 2 aromatic heterocycles. The summed E-state index contributed by atoms with van der Waals surface area (Å²) in [5.41, 5.74) is 6.14. The van der Waals surface area contributed by atoms with Gasteiger partial charge in [0.1, 0.15) is 5.65 Å². The minimum Gasteiger partial charge on any atom is -0.377 e. The molecule has 0 atom stereocenters. The van der Waals surface area contributed by atoms with Crippen LogP contribution >= 0.6 is 0 Å². The van der Waals surface area contributed by atoms with Crippen LogP contribution in [0.2, 0.25) is 0 Å². The van der Waals surface area contributed by atoms with E-state index in [9.17, 15) is 4.79 Å². The van der Waals surface area contributed by atoms with Crippen LogP contribution in [-0.4, -0.2) is 39.5 Å². The van der Waals surface area contributed by atoms with Gasteiger partial charge < -0.3 is 10.1 Å². The van der Waals surface area contributed by atoms with Crippen molar-refractivity contribution in [3.63, 3.8) is 0 Å². The van der Waals surface area contributed by atoms with Crippen LogP contribution in [0.4, 0.5) is 5.95 Å². The number of aliphatic imine (C=N–C) groups is 1. The van der Waals surface area contributed by atoms with Crippen molar-refractivity contribution in [1.29, 1.82) is 0 Å². The van der Waals surface area contributed by atoms with Gasteiger partial charge in [-0.15, -0.1) is 0 Å². The number of nitrogens with one attached hydrogen (secondary N) is 1. The highest BCUT2D eigenvalue weighted by atomic mass is 16.5. The number of nitrogens with zero attached hydrogens (tertiary/aromatic N) is 4. The van der Waals surface area contributed by atoms with Crippen molar-refractivity contribution >= 4 is 28.4 Å². The van der Waals surface area contributed by atoms with Gasteiger partial charge >= 0.3 is 0 Å². The summed E-state index contributed by atoms with van der Waals surface area (Å²) in [6, 6.07) is 8.22. The van der Waals surface area contributed by atoms with E-state index in [1.54, 1.807) is 17.8 Å². The molecule has 166 valence electrons. The van der Waals surface area contributed by atoms with Crippen LogP contribution in [0.5, 0.6) is 0 Å². The van der Waals surface area contributed by atoms with Crippen molar-refractivity contribution in [1.82, 2.24) is 14.5 Å². The van der Waals surface area contributed by atoms with Gasteiger partial charge in [0.2, 0.25) is 5.95 Å². The van der Waals surface area contributed by atoms with Crippen LogP contribution in [0.1, 0.15) is 38.3 Å². The molecule has 7 nitrogen and oxygen atoms in total. The Kier molecular flexibility index (Phi) is 6.19. The van der Waals surface area contributed by atoms with E-state index in [0.29, 0.717) is 30.4 Å². The van der Waals surface area contributed by atoms with Gasteiger partial charge in [0.15, 0.2) is 0 Å². The molecule has 1 aliphatic rings. The smallest absolute Gasteiger partial charge is 0.259 e. The molecule has 1 aliphatic heterocycles. The summed E-state index contributed by atoms with van der Waals surface area (Å²) in [5.74, 6) is 0.510. The average Bonchev–Trinajstić information content (AvgIpc) is 2.77. The lowest BCUT2D eigenvalue weighted by Crippen LogP contribution is -2.40. The molecule has 7 heteroatoms.